The molecule has 4 nitrogen and oxygen atoms in total. The van der Waals surface area contributed by atoms with Crippen molar-refractivity contribution in [1.82, 2.24) is 0 Å². The number of methoxy groups -OCH3 is 1. The van der Waals surface area contributed by atoms with Crippen LogP contribution < -0.4 is 5.46 Å². The molecule has 0 bridgehead atoms. The average molecular weight is 290 g/mol. The summed E-state index contributed by atoms with van der Waals surface area (Å²) in [7, 11) is -1.93. The van der Waals surface area contributed by atoms with E-state index in [-0.39, 0.29) is 11.0 Å². The summed E-state index contributed by atoms with van der Waals surface area (Å²) in [4.78, 5) is 11.6. The maximum atomic E-state index is 11.6. The van der Waals surface area contributed by atoms with Crippen LogP contribution in [0.2, 0.25) is 19.6 Å². The van der Waals surface area contributed by atoms with Gasteiger partial charge in [-0.15, -0.1) is 5.54 Å². The van der Waals surface area contributed by atoms with Crippen LogP contribution in [0.4, 0.5) is 0 Å². The van der Waals surface area contributed by atoms with Gasteiger partial charge in [0.1, 0.15) is 8.07 Å². The van der Waals surface area contributed by atoms with Crippen molar-refractivity contribution < 1.29 is 19.6 Å². The van der Waals surface area contributed by atoms with Crippen molar-refractivity contribution in [3.8, 4) is 11.5 Å². The Hall–Kier alpha value is -1.55. The van der Waals surface area contributed by atoms with Crippen LogP contribution in [0.5, 0.6) is 0 Å². The van der Waals surface area contributed by atoms with Gasteiger partial charge in [0.25, 0.3) is 0 Å². The fraction of sp³-hybridized carbons (Fsp3) is 0.357. The summed E-state index contributed by atoms with van der Waals surface area (Å²) in [6.45, 7) is 8.09. The molecule has 106 valence electrons. The van der Waals surface area contributed by atoms with Gasteiger partial charge in [0.15, 0.2) is 0 Å². The summed E-state index contributed by atoms with van der Waals surface area (Å²) < 4.78 is 4.67. The maximum Gasteiger partial charge on any atom is 0.488 e. The molecule has 1 aromatic carbocycles. The predicted molar refractivity (Wildman–Crippen MR) is 82.6 cm³/mol. The van der Waals surface area contributed by atoms with Crippen LogP contribution >= 0.6 is 0 Å². The molecule has 1 aromatic rings. The molecule has 0 unspecified atom stereocenters. The predicted octanol–water partition coefficient (Wildman–Crippen LogP) is 0.690. The number of esters is 1. The quantitative estimate of drug-likeness (QED) is 0.478. The van der Waals surface area contributed by atoms with Gasteiger partial charge in [-0.25, -0.2) is 4.79 Å². The van der Waals surface area contributed by atoms with Crippen LogP contribution in [0.15, 0.2) is 12.1 Å². The zero-order valence-electron chi connectivity index (χ0n) is 12.4. The first-order valence-electron chi connectivity index (χ1n) is 6.28. The highest BCUT2D eigenvalue weighted by molar-refractivity contribution is 6.83. The Morgan fingerprint density at radius 2 is 1.90 bits per heavy atom. The second-order valence-electron chi connectivity index (χ2n) is 5.60. The van der Waals surface area contributed by atoms with E-state index in [1.165, 1.54) is 13.2 Å². The van der Waals surface area contributed by atoms with Crippen molar-refractivity contribution >= 4 is 26.6 Å². The van der Waals surface area contributed by atoms with E-state index in [2.05, 4.69) is 35.8 Å². The second kappa shape index (κ2) is 6.27. The SMILES string of the molecule is COC(=O)c1cc(C#C[Si](C)(C)C)c(C)c(B(O)O)c1. The molecule has 0 fully saturated rings. The Morgan fingerprint density at radius 3 is 2.35 bits per heavy atom. The van der Waals surface area contributed by atoms with Gasteiger partial charge in [0, 0.05) is 5.56 Å². The molecule has 1 rings (SSSR count). The highest BCUT2D eigenvalue weighted by atomic mass is 28.3. The van der Waals surface area contributed by atoms with Crippen LogP contribution in [0.25, 0.3) is 0 Å². The lowest BCUT2D eigenvalue weighted by Crippen LogP contribution is -2.33. The Balaban J connectivity index is 3.45. The van der Waals surface area contributed by atoms with Crippen molar-refractivity contribution in [2.75, 3.05) is 7.11 Å². The molecule has 0 aromatic heterocycles. The number of hydrogen-bond donors (Lipinski definition) is 2. The summed E-state index contributed by atoms with van der Waals surface area (Å²) in [6, 6.07) is 3.05. The molecular formula is C14H19BO4Si. The Labute approximate surface area is 120 Å². The maximum absolute atomic E-state index is 11.6. The number of ether oxygens (including phenoxy) is 1. The third-order valence-corrected chi connectivity index (χ3v) is 3.59. The minimum Gasteiger partial charge on any atom is -0.465 e. The van der Waals surface area contributed by atoms with Gasteiger partial charge in [-0.05, 0) is 30.1 Å². The molecular weight excluding hydrogens is 271 g/mol. The normalized spacial score (nSPS) is 10.6. The first-order chi connectivity index (χ1) is 9.15. The Morgan fingerprint density at radius 1 is 1.30 bits per heavy atom. The fourth-order valence-corrected chi connectivity index (χ4v) is 2.13. The van der Waals surface area contributed by atoms with Gasteiger partial charge in [-0.3, -0.25) is 0 Å². The van der Waals surface area contributed by atoms with Crippen LogP contribution in [0, 0.1) is 18.4 Å². The van der Waals surface area contributed by atoms with Crippen LogP contribution in [-0.4, -0.2) is 38.3 Å². The standard InChI is InChI=1S/C14H19BO4Si/c1-10-11(6-7-20(3,4)5)8-12(14(16)19-2)9-13(10)15(17)18/h8-9,17-18H,1-5H3. The van der Waals surface area contributed by atoms with Gasteiger partial charge in [0.2, 0.25) is 0 Å². The van der Waals surface area contributed by atoms with Gasteiger partial charge in [0.05, 0.1) is 12.7 Å². The molecule has 0 saturated heterocycles. The monoisotopic (exact) mass is 290 g/mol. The average Bonchev–Trinajstić information content (AvgIpc) is 2.35. The Bertz CT molecular complexity index is 579. The number of benzene rings is 1. The van der Waals surface area contributed by atoms with E-state index >= 15 is 0 Å². The van der Waals surface area contributed by atoms with Crippen LogP contribution in [-0.2, 0) is 4.74 Å². The lowest BCUT2D eigenvalue weighted by Gasteiger charge is -2.11. The van der Waals surface area contributed by atoms with Crippen molar-refractivity contribution in [3.05, 3.63) is 28.8 Å². The van der Waals surface area contributed by atoms with Gasteiger partial charge >= 0.3 is 13.1 Å². The van der Waals surface area contributed by atoms with E-state index in [9.17, 15) is 14.8 Å². The number of carbonyl (C=O) groups is 1. The summed E-state index contributed by atoms with van der Waals surface area (Å²) in [6.07, 6.45) is 0. The minimum absolute atomic E-state index is 0.265. The molecule has 0 atom stereocenters. The van der Waals surface area contributed by atoms with E-state index in [4.69, 9.17) is 0 Å². The van der Waals surface area contributed by atoms with E-state index in [0.717, 1.165) is 0 Å². The summed E-state index contributed by atoms with van der Waals surface area (Å²) in [5, 5.41) is 18.8. The number of rotatable bonds is 2. The number of carbonyl (C=O) groups excluding carboxylic acids is 1. The lowest BCUT2D eigenvalue weighted by atomic mass is 9.75. The first-order valence-corrected chi connectivity index (χ1v) is 9.78. The largest absolute Gasteiger partial charge is 0.488 e. The topological polar surface area (TPSA) is 66.8 Å². The molecule has 0 aliphatic carbocycles. The summed E-state index contributed by atoms with van der Waals surface area (Å²) in [5.74, 6) is 2.52. The van der Waals surface area contributed by atoms with Crippen molar-refractivity contribution in [2.45, 2.75) is 26.6 Å². The Kier molecular flexibility index (Phi) is 5.17. The second-order valence-corrected chi connectivity index (χ2v) is 10.4. The van der Waals surface area contributed by atoms with Crippen molar-refractivity contribution in [2.24, 2.45) is 0 Å². The van der Waals surface area contributed by atoms with Crippen molar-refractivity contribution in [1.29, 1.82) is 0 Å². The zero-order chi connectivity index (χ0) is 15.5. The van der Waals surface area contributed by atoms with Crippen molar-refractivity contribution in [3.63, 3.8) is 0 Å². The van der Waals surface area contributed by atoms with Crippen LogP contribution in [0.3, 0.4) is 0 Å². The highest BCUT2D eigenvalue weighted by Crippen LogP contribution is 2.11. The van der Waals surface area contributed by atoms with E-state index in [0.29, 0.717) is 11.1 Å². The fourth-order valence-electron chi connectivity index (χ4n) is 1.63. The molecule has 0 spiro atoms. The van der Waals surface area contributed by atoms with Gasteiger partial charge in [-0.1, -0.05) is 25.6 Å². The minimum atomic E-state index is -1.65. The van der Waals surface area contributed by atoms with E-state index in [1.807, 2.05) is 0 Å². The summed E-state index contributed by atoms with van der Waals surface area (Å²) >= 11 is 0. The van der Waals surface area contributed by atoms with E-state index in [1.54, 1.807) is 13.0 Å². The highest BCUT2D eigenvalue weighted by Gasteiger charge is 2.20. The number of hydrogen-bond acceptors (Lipinski definition) is 4. The first kappa shape index (κ1) is 16.5. The third-order valence-electron chi connectivity index (χ3n) is 2.72. The van der Waals surface area contributed by atoms with Gasteiger partial charge in [-0.2, -0.15) is 0 Å². The smallest absolute Gasteiger partial charge is 0.465 e. The molecule has 2 N–H and O–H groups in total. The van der Waals surface area contributed by atoms with Gasteiger partial charge < -0.3 is 14.8 Å². The molecule has 0 saturated carbocycles. The molecule has 0 amide bonds. The zero-order valence-corrected chi connectivity index (χ0v) is 13.4. The summed E-state index contributed by atoms with van der Waals surface area (Å²) in [5.41, 5.74) is 5.03. The molecule has 20 heavy (non-hydrogen) atoms. The molecule has 0 radical (unpaired) electrons. The molecule has 0 heterocycles. The molecule has 0 aliphatic heterocycles. The van der Waals surface area contributed by atoms with Crippen LogP contribution in [0.1, 0.15) is 21.5 Å². The third kappa shape index (κ3) is 4.24. The molecule has 0 aliphatic rings. The lowest BCUT2D eigenvalue weighted by molar-refractivity contribution is 0.0601. The van der Waals surface area contributed by atoms with E-state index < -0.39 is 21.2 Å². The molecule has 6 heteroatoms.